The van der Waals surface area contributed by atoms with Gasteiger partial charge in [-0.2, -0.15) is 13.2 Å². The summed E-state index contributed by atoms with van der Waals surface area (Å²) < 4.78 is 43.9. The SMILES string of the molecule is CN1C(=O)CN(CC2CC=C(c3ccc4c(nnn4CC4CC4)c3C(F)(F)F)CC2)C1=O. The smallest absolute Gasteiger partial charge is 0.315 e. The molecule has 0 bridgehead atoms. The summed E-state index contributed by atoms with van der Waals surface area (Å²) in [6, 6.07) is 2.92. The summed E-state index contributed by atoms with van der Waals surface area (Å²) in [6.07, 6.45) is 1.13. The van der Waals surface area contributed by atoms with E-state index in [2.05, 4.69) is 10.3 Å². The molecule has 2 heterocycles. The molecule has 5 rings (SSSR count). The number of halogens is 3. The van der Waals surface area contributed by atoms with Crippen LogP contribution < -0.4 is 0 Å². The number of amides is 3. The second-order valence-corrected chi connectivity index (χ2v) is 9.05. The maximum Gasteiger partial charge on any atom is 0.419 e. The number of likely N-dealkylation sites (N-methyl/N-ethyl adjacent to an activating group) is 1. The molecule has 1 atom stereocenters. The lowest BCUT2D eigenvalue weighted by Crippen LogP contribution is -2.34. The van der Waals surface area contributed by atoms with Gasteiger partial charge < -0.3 is 4.90 Å². The molecule has 3 aliphatic rings. The van der Waals surface area contributed by atoms with Crippen LogP contribution in [0.25, 0.3) is 16.6 Å². The highest BCUT2D eigenvalue weighted by Crippen LogP contribution is 2.42. The van der Waals surface area contributed by atoms with Gasteiger partial charge in [0.15, 0.2) is 0 Å². The van der Waals surface area contributed by atoms with Gasteiger partial charge >= 0.3 is 12.2 Å². The third kappa shape index (κ3) is 3.75. The van der Waals surface area contributed by atoms with Crippen molar-refractivity contribution in [1.29, 1.82) is 0 Å². The van der Waals surface area contributed by atoms with Gasteiger partial charge in [0.05, 0.1) is 11.1 Å². The van der Waals surface area contributed by atoms with Gasteiger partial charge in [-0.3, -0.25) is 9.69 Å². The normalized spacial score (nSPS) is 22.2. The number of rotatable bonds is 5. The van der Waals surface area contributed by atoms with E-state index in [-0.39, 0.29) is 35.5 Å². The Kier molecular flexibility index (Phi) is 4.98. The minimum absolute atomic E-state index is 0.0633. The molecule has 0 spiro atoms. The van der Waals surface area contributed by atoms with Crippen LogP contribution in [0.5, 0.6) is 0 Å². The zero-order chi connectivity index (χ0) is 22.6. The van der Waals surface area contributed by atoms with Crippen molar-refractivity contribution in [2.75, 3.05) is 20.1 Å². The molecule has 1 unspecified atom stereocenters. The number of hydrogen-bond acceptors (Lipinski definition) is 4. The summed E-state index contributed by atoms with van der Waals surface area (Å²) in [7, 11) is 1.46. The van der Waals surface area contributed by atoms with Gasteiger partial charge in [-0.15, -0.1) is 5.10 Å². The first-order chi connectivity index (χ1) is 15.2. The average Bonchev–Trinajstić information content (AvgIpc) is 3.44. The third-order valence-electron chi connectivity index (χ3n) is 6.70. The van der Waals surface area contributed by atoms with Gasteiger partial charge in [-0.05, 0) is 61.1 Å². The molecule has 0 N–H and O–H groups in total. The van der Waals surface area contributed by atoms with Crippen molar-refractivity contribution >= 4 is 28.5 Å². The summed E-state index contributed by atoms with van der Waals surface area (Å²) in [5.74, 6) is 0.351. The fourth-order valence-corrected chi connectivity index (χ4v) is 4.68. The predicted octanol–water partition coefficient (Wildman–Crippen LogP) is 3.94. The van der Waals surface area contributed by atoms with Crippen molar-refractivity contribution in [3.05, 3.63) is 29.3 Å². The molecule has 2 aromatic rings. The fourth-order valence-electron chi connectivity index (χ4n) is 4.68. The zero-order valence-electron chi connectivity index (χ0n) is 17.7. The minimum atomic E-state index is -4.54. The van der Waals surface area contributed by atoms with Crippen LogP contribution in [0.15, 0.2) is 18.2 Å². The van der Waals surface area contributed by atoms with Crippen LogP contribution in [0, 0.1) is 11.8 Å². The Balaban J connectivity index is 1.39. The third-order valence-corrected chi connectivity index (χ3v) is 6.70. The summed E-state index contributed by atoms with van der Waals surface area (Å²) in [5, 5.41) is 7.92. The lowest BCUT2D eigenvalue weighted by molar-refractivity contribution is -0.136. The van der Waals surface area contributed by atoms with Gasteiger partial charge in [0, 0.05) is 20.1 Å². The zero-order valence-corrected chi connectivity index (χ0v) is 17.7. The largest absolute Gasteiger partial charge is 0.419 e. The Morgan fingerprint density at radius 3 is 2.47 bits per heavy atom. The lowest BCUT2D eigenvalue weighted by Gasteiger charge is -2.27. The molecule has 3 amide bonds. The number of imide groups is 1. The molecular weight excluding hydrogens is 423 g/mol. The van der Waals surface area contributed by atoms with Crippen LogP contribution in [0.3, 0.4) is 0 Å². The average molecular weight is 447 g/mol. The van der Waals surface area contributed by atoms with Crippen molar-refractivity contribution < 1.29 is 22.8 Å². The maximum absolute atomic E-state index is 14.1. The van der Waals surface area contributed by atoms with E-state index in [1.807, 2.05) is 6.08 Å². The maximum atomic E-state index is 14.1. The molecule has 1 saturated heterocycles. The summed E-state index contributed by atoms with van der Waals surface area (Å²) in [4.78, 5) is 26.4. The Morgan fingerprint density at radius 1 is 1.09 bits per heavy atom. The Labute approximate surface area is 182 Å². The topological polar surface area (TPSA) is 71.3 Å². The highest BCUT2D eigenvalue weighted by molar-refractivity contribution is 6.01. The van der Waals surface area contributed by atoms with Crippen molar-refractivity contribution in [3.8, 4) is 0 Å². The summed E-state index contributed by atoms with van der Waals surface area (Å²) in [6.45, 7) is 1.09. The minimum Gasteiger partial charge on any atom is -0.315 e. The number of carbonyl (C=O) groups is 2. The molecule has 1 aromatic carbocycles. The van der Waals surface area contributed by atoms with E-state index in [1.54, 1.807) is 16.8 Å². The Morgan fingerprint density at radius 2 is 1.88 bits per heavy atom. The number of alkyl halides is 3. The highest BCUT2D eigenvalue weighted by atomic mass is 19.4. The van der Waals surface area contributed by atoms with Crippen LogP contribution in [-0.4, -0.2) is 56.9 Å². The Hall–Kier alpha value is -2.91. The van der Waals surface area contributed by atoms with Crippen LogP contribution in [0.1, 0.15) is 43.2 Å². The molecule has 32 heavy (non-hydrogen) atoms. The van der Waals surface area contributed by atoms with Crippen molar-refractivity contribution in [3.63, 3.8) is 0 Å². The summed E-state index contributed by atoms with van der Waals surface area (Å²) >= 11 is 0. The van der Waals surface area contributed by atoms with E-state index in [9.17, 15) is 22.8 Å². The summed E-state index contributed by atoms with van der Waals surface area (Å²) in [5.41, 5.74) is 0.414. The first-order valence-corrected chi connectivity index (χ1v) is 10.9. The van der Waals surface area contributed by atoms with Gasteiger partial charge in [0.25, 0.3) is 0 Å². The number of hydrogen-bond donors (Lipinski definition) is 0. The molecule has 170 valence electrons. The standard InChI is InChI=1S/C22H24F3N5O2/c1-28-18(31)12-29(21(28)32)10-13-4-6-15(7-5-13)16-8-9-17-20(19(16)22(23,24)25)26-27-30(17)11-14-2-3-14/h6,8-9,13-14H,2-5,7,10-12H2,1H3. The van der Waals surface area contributed by atoms with E-state index < -0.39 is 11.7 Å². The molecule has 1 aliphatic heterocycles. The molecule has 0 radical (unpaired) electrons. The molecule has 10 heteroatoms. The second-order valence-electron chi connectivity index (χ2n) is 9.05. The second kappa shape index (κ2) is 7.60. The molecular formula is C22H24F3N5O2. The molecule has 1 aromatic heterocycles. The first-order valence-electron chi connectivity index (χ1n) is 10.9. The lowest BCUT2D eigenvalue weighted by atomic mass is 9.84. The van der Waals surface area contributed by atoms with Gasteiger partial charge in [-0.1, -0.05) is 17.4 Å². The quantitative estimate of drug-likeness (QED) is 0.651. The van der Waals surface area contributed by atoms with E-state index >= 15 is 0 Å². The number of benzene rings is 1. The van der Waals surface area contributed by atoms with Crippen LogP contribution in [0.4, 0.5) is 18.0 Å². The molecule has 2 aliphatic carbocycles. The van der Waals surface area contributed by atoms with Gasteiger partial charge in [-0.25, -0.2) is 9.48 Å². The fraction of sp³-hybridized carbons (Fsp3) is 0.545. The van der Waals surface area contributed by atoms with Crippen molar-refractivity contribution in [1.82, 2.24) is 24.8 Å². The monoisotopic (exact) mass is 447 g/mol. The van der Waals surface area contributed by atoms with E-state index in [4.69, 9.17) is 0 Å². The van der Waals surface area contributed by atoms with Crippen LogP contribution in [-0.2, 0) is 17.5 Å². The van der Waals surface area contributed by atoms with Crippen molar-refractivity contribution in [2.24, 2.45) is 11.8 Å². The molecule has 1 saturated carbocycles. The van der Waals surface area contributed by atoms with Gasteiger partial charge in [0.2, 0.25) is 5.91 Å². The number of nitrogens with zero attached hydrogens (tertiary/aromatic N) is 5. The molecule has 7 nitrogen and oxygen atoms in total. The van der Waals surface area contributed by atoms with Crippen molar-refractivity contribution in [2.45, 2.75) is 44.8 Å². The number of aromatic nitrogens is 3. The molecule has 2 fully saturated rings. The Bertz CT molecular complexity index is 1120. The van der Waals surface area contributed by atoms with E-state index in [1.165, 1.54) is 11.9 Å². The van der Waals surface area contributed by atoms with E-state index in [0.29, 0.717) is 49.4 Å². The van der Waals surface area contributed by atoms with E-state index in [0.717, 1.165) is 17.7 Å². The number of carbonyl (C=O) groups excluding carboxylic acids is 2. The first kappa shape index (κ1) is 21.0. The highest BCUT2D eigenvalue weighted by Gasteiger charge is 2.39. The predicted molar refractivity (Wildman–Crippen MR) is 110 cm³/mol. The van der Waals surface area contributed by atoms with Crippen LogP contribution in [0.2, 0.25) is 0 Å². The van der Waals surface area contributed by atoms with Crippen LogP contribution >= 0.6 is 0 Å². The number of fused-ring (bicyclic) bond motifs is 1. The number of allylic oxidation sites excluding steroid dienone is 2. The van der Waals surface area contributed by atoms with Gasteiger partial charge in [0.1, 0.15) is 12.1 Å². The number of urea groups is 1.